The summed E-state index contributed by atoms with van der Waals surface area (Å²) in [5, 5.41) is 20.3. The molecule has 0 radical (unpaired) electrons. The quantitative estimate of drug-likeness (QED) is 0.883. The Morgan fingerprint density at radius 2 is 2.25 bits per heavy atom. The molecule has 7 heteroatoms. The van der Waals surface area contributed by atoms with Gasteiger partial charge in [0.15, 0.2) is 0 Å². The number of hydrogen-bond acceptors (Lipinski definition) is 5. The molecule has 1 aliphatic heterocycles. The van der Waals surface area contributed by atoms with Gasteiger partial charge in [-0.15, -0.1) is 0 Å². The van der Waals surface area contributed by atoms with Crippen molar-refractivity contribution in [2.75, 3.05) is 18.0 Å². The minimum atomic E-state index is -1.43. The lowest BCUT2D eigenvalue weighted by Crippen LogP contribution is -2.57. The number of halogens is 1. The van der Waals surface area contributed by atoms with Gasteiger partial charge in [0.25, 0.3) is 0 Å². The number of benzene rings is 1. The van der Waals surface area contributed by atoms with Gasteiger partial charge >= 0.3 is 5.97 Å². The number of aliphatic hydroxyl groups excluding tert-OH is 1. The summed E-state index contributed by atoms with van der Waals surface area (Å²) >= 11 is 0. The Bertz CT molecular complexity index is 728. The number of aromatic nitrogens is 2. The SMILES string of the molecule is O=C(O)[C@]1(Cc2cccc(F)c2)CN(c2cnccn2)CC[C@@H]1O. The van der Waals surface area contributed by atoms with E-state index in [0.717, 1.165) is 0 Å². The molecule has 1 aromatic heterocycles. The highest BCUT2D eigenvalue weighted by Gasteiger charge is 2.49. The highest BCUT2D eigenvalue weighted by atomic mass is 19.1. The number of anilines is 1. The molecule has 24 heavy (non-hydrogen) atoms. The third kappa shape index (κ3) is 3.07. The summed E-state index contributed by atoms with van der Waals surface area (Å²) in [6.07, 6.45) is 3.95. The van der Waals surface area contributed by atoms with Crippen LogP contribution in [0.15, 0.2) is 42.9 Å². The van der Waals surface area contributed by atoms with Gasteiger partial charge in [-0.05, 0) is 30.5 Å². The minimum absolute atomic E-state index is 0.0397. The lowest BCUT2D eigenvalue weighted by atomic mass is 9.73. The van der Waals surface area contributed by atoms with Gasteiger partial charge in [0.05, 0.1) is 12.3 Å². The summed E-state index contributed by atoms with van der Waals surface area (Å²) in [5.41, 5.74) is -0.888. The fourth-order valence-electron chi connectivity index (χ4n) is 3.20. The maximum absolute atomic E-state index is 13.4. The topological polar surface area (TPSA) is 86.5 Å². The fraction of sp³-hybridized carbons (Fsp3) is 0.353. The molecule has 0 amide bonds. The fourth-order valence-corrected chi connectivity index (χ4v) is 3.20. The maximum atomic E-state index is 13.4. The number of nitrogens with zero attached hydrogens (tertiary/aromatic N) is 3. The summed E-state index contributed by atoms with van der Waals surface area (Å²) in [6.45, 7) is 0.566. The normalized spacial score (nSPS) is 23.9. The van der Waals surface area contributed by atoms with Crippen molar-refractivity contribution in [1.82, 2.24) is 9.97 Å². The molecule has 1 saturated heterocycles. The number of carboxylic acids is 1. The molecule has 6 nitrogen and oxygen atoms in total. The first kappa shape index (κ1) is 16.3. The summed E-state index contributed by atoms with van der Waals surface area (Å²) < 4.78 is 13.4. The van der Waals surface area contributed by atoms with Gasteiger partial charge in [-0.25, -0.2) is 9.37 Å². The standard InChI is InChI=1S/C17H18FN3O3/c18-13-3-1-2-12(8-13)9-17(16(23)24)11-21(7-4-14(17)22)15-10-19-5-6-20-15/h1-3,5-6,8,10,14,22H,4,7,9,11H2,(H,23,24)/t14-,17+/m0/s1. The molecule has 2 atom stereocenters. The number of carboxylic acid groups (broad SMARTS) is 1. The molecule has 126 valence electrons. The Morgan fingerprint density at radius 1 is 1.42 bits per heavy atom. The Hall–Kier alpha value is -2.54. The van der Waals surface area contributed by atoms with Crippen LogP contribution in [0.4, 0.5) is 10.2 Å². The number of aliphatic hydroxyl groups is 1. The van der Waals surface area contributed by atoms with Gasteiger partial charge in [0, 0.05) is 25.5 Å². The minimum Gasteiger partial charge on any atom is -0.481 e. The summed E-state index contributed by atoms with van der Waals surface area (Å²) in [7, 11) is 0. The van der Waals surface area contributed by atoms with Crippen molar-refractivity contribution in [2.24, 2.45) is 5.41 Å². The van der Waals surface area contributed by atoms with Crippen LogP contribution in [-0.4, -0.2) is 45.3 Å². The van der Waals surface area contributed by atoms with Gasteiger partial charge in [-0.3, -0.25) is 9.78 Å². The predicted molar refractivity (Wildman–Crippen MR) is 85.0 cm³/mol. The molecular formula is C17H18FN3O3. The first-order chi connectivity index (χ1) is 11.5. The molecule has 1 aliphatic rings. The summed E-state index contributed by atoms with van der Waals surface area (Å²) in [5.74, 6) is -0.966. The molecule has 0 aliphatic carbocycles. The van der Waals surface area contributed by atoms with Crippen LogP contribution in [0.2, 0.25) is 0 Å². The van der Waals surface area contributed by atoms with Crippen molar-refractivity contribution < 1.29 is 19.4 Å². The molecule has 0 saturated carbocycles. The lowest BCUT2D eigenvalue weighted by molar-refractivity contribution is -0.157. The number of carbonyl (C=O) groups is 1. The van der Waals surface area contributed by atoms with E-state index in [1.807, 2.05) is 0 Å². The Balaban J connectivity index is 1.93. The van der Waals surface area contributed by atoms with E-state index in [9.17, 15) is 19.4 Å². The molecule has 2 heterocycles. The van der Waals surface area contributed by atoms with Gasteiger partial charge in [-0.2, -0.15) is 0 Å². The summed E-state index contributed by atoms with van der Waals surface area (Å²) in [4.78, 5) is 22.0. The zero-order chi connectivity index (χ0) is 17.2. The van der Waals surface area contributed by atoms with Crippen LogP contribution in [0.1, 0.15) is 12.0 Å². The number of rotatable bonds is 4. The van der Waals surface area contributed by atoms with E-state index in [-0.39, 0.29) is 19.4 Å². The second-order valence-electron chi connectivity index (χ2n) is 6.06. The van der Waals surface area contributed by atoms with E-state index in [0.29, 0.717) is 17.9 Å². The Labute approximate surface area is 138 Å². The van der Waals surface area contributed by atoms with Crippen molar-refractivity contribution >= 4 is 11.8 Å². The average Bonchev–Trinajstić information content (AvgIpc) is 2.57. The van der Waals surface area contributed by atoms with E-state index in [1.54, 1.807) is 23.4 Å². The van der Waals surface area contributed by atoms with Gasteiger partial charge in [-0.1, -0.05) is 12.1 Å². The van der Waals surface area contributed by atoms with Crippen molar-refractivity contribution in [3.8, 4) is 0 Å². The molecule has 2 aromatic rings. The van der Waals surface area contributed by atoms with Crippen molar-refractivity contribution in [2.45, 2.75) is 18.9 Å². The average molecular weight is 331 g/mol. The lowest BCUT2D eigenvalue weighted by Gasteiger charge is -2.43. The molecule has 1 aromatic carbocycles. The van der Waals surface area contributed by atoms with Gasteiger partial charge in [0.2, 0.25) is 0 Å². The molecule has 0 spiro atoms. The molecule has 0 bridgehead atoms. The molecule has 0 unspecified atom stereocenters. The second kappa shape index (κ2) is 6.52. The largest absolute Gasteiger partial charge is 0.481 e. The van der Waals surface area contributed by atoms with Crippen LogP contribution >= 0.6 is 0 Å². The Kier molecular flexibility index (Phi) is 4.44. The van der Waals surface area contributed by atoms with Gasteiger partial charge < -0.3 is 15.1 Å². The van der Waals surface area contributed by atoms with E-state index < -0.39 is 23.3 Å². The first-order valence-electron chi connectivity index (χ1n) is 7.68. The zero-order valence-corrected chi connectivity index (χ0v) is 13.0. The maximum Gasteiger partial charge on any atom is 0.314 e. The van der Waals surface area contributed by atoms with Crippen molar-refractivity contribution in [1.29, 1.82) is 0 Å². The predicted octanol–water partition coefficient (Wildman–Crippen LogP) is 1.50. The van der Waals surface area contributed by atoms with Crippen molar-refractivity contribution in [3.63, 3.8) is 0 Å². The first-order valence-corrected chi connectivity index (χ1v) is 7.68. The smallest absolute Gasteiger partial charge is 0.314 e. The van der Waals surface area contributed by atoms with Crippen LogP contribution in [0.3, 0.4) is 0 Å². The highest BCUT2D eigenvalue weighted by Crippen LogP contribution is 2.36. The number of piperidine rings is 1. The molecule has 2 N–H and O–H groups in total. The van der Waals surface area contributed by atoms with Crippen LogP contribution in [0.5, 0.6) is 0 Å². The molecule has 1 fully saturated rings. The number of aliphatic carboxylic acids is 1. The van der Waals surface area contributed by atoms with Crippen LogP contribution in [0.25, 0.3) is 0 Å². The third-order valence-electron chi connectivity index (χ3n) is 4.49. The van der Waals surface area contributed by atoms with E-state index in [2.05, 4.69) is 9.97 Å². The van der Waals surface area contributed by atoms with Crippen LogP contribution < -0.4 is 4.90 Å². The molecule has 3 rings (SSSR count). The van der Waals surface area contributed by atoms with Gasteiger partial charge in [0.1, 0.15) is 17.1 Å². The van der Waals surface area contributed by atoms with E-state index in [1.165, 1.54) is 24.4 Å². The van der Waals surface area contributed by atoms with E-state index in [4.69, 9.17) is 0 Å². The molecular weight excluding hydrogens is 313 g/mol. The van der Waals surface area contributed by atoms with Crippen molar-refractivity contribution in [3.05, 3.63) is 54.2 Å². The highest BCUT2D eigenvalue weighted by molar-refractivity contribution is 5.77. The van der Waals surface area contributed by atoms with E-state index >= 15 is 0 Å². The summed E-state index contributed by atoms with van der Waals surface area (Å²) in [6, 6.07) is 5.82. The van der Waals surface area contributed by atoms with Crippen LogP contribution in [-0.2, 0) is 11.2 Å². The Morgan fingerprint density at radius 3 is 2.92 bits per heavy atom. The second-order valence-corrected chi connectivity index (χ2v) is 6.06. The zero-order valence-electron chi connectivity index (χ0n) is 13.0. The van der Waals surface area contributed by atoms with Crippen LogP contribution in [0, 0.1) is 11.2 Å². The third-order valence-corrected chi connectivity index (χ3v) is 4.49. The monoisotopic (exact) mass is 331 g/mol. The number of hydrogen-bond donors (Lipinski definition) is 2.